The van der Waals surface area contributed by atoms with Crippen molar-refractivity contribution in [1.29, 1.82) is 0 Å². The average Bonchev–Trinajstić information content (AvgIpc) is 2.41. The highest BCUT2D eigenvalue weighted by atomic mass is 79.9. The molecule has 0 aromatic heterocycles. The number of rotatable bonds is 2. The van der Waals surface area contributed by atoms with E-state index in [2.05, 4.69) is 15.9 Å². The highest BCUT2D eigenvalue weighted by molar-refractivity contribution is 9.10. The summed E-state index contributed by atoms with van der Waals surface area (Å²) >= 11 is 3.33. The fraction of sp³-hybridized carbons (Fsp3) is 0.462. The van der Waals surface area contributed by atoms with Crippen LogP contribution < -0.4 is 5.73 Å². The van der Waals surface area contributed by atoms with E-state index in [0.717, 1.165) is 30.5 Å². The molecule has 0 radical (unpaired) electrons. The van der Waals surface area contributed by atoms with Gasteiger partial charge in [0.1, 0.15) is 0 Å². The average molecular weight is 313 g/mol. The molecular weight excluding hydrogens is 296 g/mol. The molecule has 0 saturated carbocycles. The van der Waals surface area contributed by atoms with Crippen LogP contribution >= 0.6 is 15.9 Å². The number of nitrogen functional groups attached to an aromatic ring is 1. The van der Waals surface area contributed by atoms with Crippen LogP contribution in [0.4, 0.5) is 5.69 Å². The highest BCUT2D eigenvalue weighted by Crippen LogP contribution is 2.22. The normalized spacial score (nSPS) is 16.6. The van der Waals surface area contributed by atoms with Crippen LogP contribution in [0.25, 0.3) is 0 Å². The third kappa shape index (κ3) is 2.84. The van der Waals surface area contributed by atoms with Crippen LogP contribution in [0.2, 0.25) is 0 Å². The Morgan fingerprint density at radius 3 is 2.72 bits per heavy atom. The second kappa shape index (κ2) is 5.71. The van der Waals surface area contributed by atoms with Crippen LogP contribution in [0.1, 0.15) is 23.2 Å². The number of halogens is 1. The lowest BCUT2D eigenvalue weighted by molar-refractivity contribution is 0.0362. The van der Waals surface area contributed by atoms with Crippen LogP contribution in [0.15, 0.2) is 22.7 Å². The lowest BCUT2D eigenvalue weighted by Crippen LogP contribution is -2.40. The summed E-state index contributed by atoms with van der Waals surface area (Å²) in [6, 6.07) is 5.57. The Labute approximate surface area is 115 Å². The summed E-state index contributed by atoms with van der Waals surface area (Å²) in [5.74, 6) is 0.0149. The predicted molar refractivity (Wildman–Crippen MR) is 74.5 cm³/mol. The van der Waals surface area contributed by atoms with Crippen molar-refractivity contribution in [3.05, 3.63) is 28.2 Å². The molecule has 0 bridgehead atoms. The largest absolute Gasteiger partial charge is 0.398 e. The van der Waals surface area contributed by atoms with Crippen molar-refractivity contribution in [2.75, 3.05) is 26.0 Å². The van der Waals surface area contributed by atoms with Crippen LogP contribution in [0.5, 0.6) is 0 Å². The fourth-order valence-electron chi connectivity index (χ4n) is 2.12. The maximum absolute atomic E-state index is 12.3. The van der Waals surface area contributed by atoms with Gasteiger partial charge in [0.2, 0.25) is 0 Å². The first-order valence-electron chi connectivity index (χ1n) is 5.99. The molecule has 1 aromatic rings. The Morgan fingerprint density at radius 1 is 1.44 bits per heavy atom. The van der Waals surface area contributed by atoms with Crippen molar-refractivity contribution in [1.82, 2.24) is 4.90 Å². The number of amides is 1. The Kier molecular flexibility index (Phi) is 4.24. The molecule has 0 atom stereocenters. The SMILES string of the molecule is CN(C(=O)c1ccc(Br)c(N)c1)C1CCOCC1. The van der Waals surface area contributed by atoms with Crippen molar-refractivity contribution in [3.63, 3.8) is 0 Å². The quantitative estimate of drug-likeness (QED) is 0.852. The van der Waals surface area contributed by atoms with Gasteiger partial charge in [-0.05, 0) is 47.0 Å². The first-order chi connectivity index (χ1) is 8.59. The number of carbonyl (C=O) groups excluding carboxylic acids is 1. The molecular formula is C13H17BrN2O2. The van der Waals surface area contributed by atoms with E-state index in [0.29, 0.717) is 11.3 Å². The number of carbonyl (C=O) groups is 1. The van der Waals surface area contributed by atoms with Gasteiger partial charge in [0, 0.05) is 42.0 Å². The van der Waals surface area contributed by atoms with Crippen molar-refractivity contribution >= 4 is 27.5 Å². The molecule has 4 nitrogen and oxygen atoms in total. The maximum atomic E-state index is 12.3. The monoisotopic (exact) mass is 312 g/mol. The van der Waals surface area contributed by atoms with E-state index >= 15 is 0 Å². The van der Waals surface area contributed by atoms with Gasteiger partial charge in [-0.3, -0.25) is 4.79 Å². The van der Waals surface area contributed by atoms with Gasteiger partial charge in [-0.2, -0.15) is 0 Å². The zero-order valence-corrected chi connectivity index (χ0v) is 11.9. The molecule has 2 rings (SSSR count). The van der Waals surface area contributed by atoms with Gasteiger partial charge in [0.05, 0.1) is 0 Å². The van der Waals surface area contributed by atoms with Gasteiger partial charge in [0.25, 0.3) is 5.91 Å². The summed E-state index contributed by atoms with van der Waals surface area (Å²) in [4.78, 5) is 14.1. The molecule has 98 valence electrons. The van der Waals surface area contributed by atoms with Gasteiger partial charge in [-0.25, -0.2) is 0 Å². The molecule has 1 aromatic carbocycles. The van der Waals surface area contributed by atoms with Gasteiger partial charge in [-0.1, -0.05) is 0 Å². The second-order valence-electron chi connectivity index (χ2n) is 4.50. The topological polar surface area (TPSA) is 55.6 Å². The summed E-state index contributed by atoms with van der Waals surface area (Å²) in [7, 11) is 1.84. The van der Waals surface area contributed by atoms with Gasteiger partial charge < -0.3 is 15.4 Å². The summed E-state index contributed by atoms with van der Waals surface area (Å²) in [6.07, 6.45) is 1.79. The Hall–Kier alpha value is -1.07. The van der Waals surface area contributed by atoms with E-state index < -0.39 is 0 Å². The number of hydrogen-bond acceptors (Lipinski definition) is 3. The maximum Gasteiger partial charge on any atom is 0.253 e. The van der Waals surface area contributed by atoms with E-state index in [4.69, 9.17) is 10.5 Å². The molecule has 2 N–H and O–H groups in total. The van der Waals surface area contributed by atoms with Gasteiger partial charge in [-0.15, -0.1) is 0 Å². The number of ether oxygens (including phenoxy) is 1. The molecule has 1 fully saturated rings. The molecule has 1 amide bonds. The smallest absolute Gasteiger partial charge is 0.253 e. The first-order valence-corrected chi connectivity index (χ1v) is 6.79. The van der Waals surface area contributed by atoms with Gasteiger partial charge >= 0.3 is 0 Å². The minimum absolute atomic E-state index is 0.0149. The summed E-state index contributed by atoms with van der Waals surface area (Å²) < 4.78 is 6.12. The van der Waals surface area contributed by atoms with E-state index in [9.17, 15) is 4.79 Å². The number of benzene rings is 1. The molecule has 1 aliphatic rings. The molecule has 0 spiro atoms. The summed E-state index contributed by atoms with van der Waals surface area (Å²) in [5, 5.41) is 0. The zero-order valence-electron chi connectivity index (χ0n) is 10.4. The van der Waals surface area contributed by atoms with E-state index in [-0.39, 0.29) is 11.9 Å². The lowest BCUT2D eigenvalue weighted by Gasteiger charge is -2.31. The minimum atomic E-state index is 0.0149. The molecule has 5 heteroatoms. The minimum Gasteiger partial charge on any atom is -0.398 e. The fourth-order valence-corrected chi connectivity index (χ4v) is 2.37. The molecule has 1 heterocycles. The Bertz CT molecular complexity index is 445. The molecule has 1 aliphatic heterocycles. The van der Waals surface area contributed by atoms with Crippen LogP contribution in [0, 0.1) is 0 Å². The van der Waals surface area contributed by atoms with Crippen molar-refractivity contribution in [3.8, 4) is 0 Å². The van der Waals surface area contributed by atoms with E-state index in [1.807, 2.05) is 7.05 Å². The van der Waals surface area contributed by atoms with Crippen LogP contribution in [0.3, 0.4) is 0 Å². The zero-order chi connectivity index (χ0) is 13.1. The third-order valence-corrected chi connectivity index (χ3v) is 4.02. The van der Waals surface area contributed by atoms with Crippen molar-refractivity contribution in [2.45, 2.75) is 18.9 Å². The summed E-state index contributed by atoms with van der Waals surface area (Å²) in [5.41, 5.74) is 7.01. The summed E-state index contributed by atoms with van der Waals surface area (Å²) in [6.45, 7) is 1.45. The third-order valence-electron chi connectivity index (χ3n) is 3.30. The van der Waals surface area contributed by atoms with Crippen molar-refractivity contribution in [2.24, 2.45) is 0 Å². The Morgan fingerprint density at radius 2 is 2.11 bits per heavy atom. The molecule has 0 unspecified atom stereocenters. The van der Waals surface area contributed by atoms with Crippen LogP contribution in [-0.2, 0) is 4.74 Å². The number of hydrogen-bond donors (Lipinski definition) is 1. The predicted octanol–water partition coefficient (Wildman–Crippen LogP) is 2.28. The van der Waals surface area contributed by atoms with Gasteiger partial charge in [0.15, 0.2) is 0 Å². The number of anilines is 1. The Balaban J connectivity index is 2.11. The number of nitrogens with two attached hydrogens (primary N) is 1. The van der Waals surface area contributed by atoms with Crippen molar-refractivity contribution < 1.29 is 9.53 Å². The number of nitrogens with zero attached hydrogens (tertiary/aromatic N) is 1. The molecule has 18 heavy (non-hydrogen) atoms. The van der Waals surface area contributed by atoms with Crippen LogP contribution in [-0.4, -0.2) is 37.1 Å². The van der Waals surface area contributed by atoms with E-state index in [1.54, 1.807) is 23.1 Å². The standard InChI is InChI=1S/C13H17BrN2O2/c1-16(10-4-6-18-7-5-10)13(17)9-2-3-11(14)12(15)8-9/h2-3,8,10H,4-7,15H2,1H3. The first kappa shape index (κ1) is 13.4. The second-order valence-corrected chi connectivity index (χ2v) is 5.35. The lowest BCUT2D eigenvalue weighted by atomic mass is 10.1. The highest BCUT2D eigenvalue weighted by Gasteiger charge is 2.23. The van der Waals surface area contributed by atoms with E-state index in [1.165, 1.54) is 0 Å². The molecule has 1 saturated heterocycles. The molecule has 0 aliphatic carbocycles.